The second kappa shape index (κ2) is 13.3. The summed E-state index contributed by atoms with van der Waals surface area (Å²) in [5.74, 6) is -1.94. The monoisotopic (exact) mass is 555 g/mol. The smallest absolute Gasteiger partial charge is 0.457 e. The van der Waals surface area contributed by atoms with Crippen molar-refractivity contribution >= 4 is 31.0 Å². The molecule has 0 saturated carbocycles. The molecule has 0 spiro atoms. The normalized spacial score (nSPS) is 18.9. The molecule has 1 rings (SSSR count). The van der Waals surface area contributed by atoms with Crippen LogP contribution >= 0.6 is 0 Å². The largest absolute Gasteiger partial charge is 0.458 e. The number of nitrogens with one attached hydrogen (secondary N) is 3. The van der Waals surface area contributed by atoms with Crippen LogP contribution in [0.2, 0.25) is 6.32 Å². The zero-order valence-electron chi connectivity index (χ0n) is 25.9. The van der Waals surface area contributed by atoms with Gasteiger partial charge in [-0.05, 0) is 88.9 Å². The van der Waals surface area contributed by atoms with E-state index < -0.39 is 71.4 Å². The average Bonchev–Trinajstić information content (AvgIpc) is 2.91. The quantitative estimate of drug-likeness (QED) is 0.260. The van der Waals surface area contributed by atoms with Crippen LogP contribution in [0.1, 0.15) is 95.9 Å². The second-order valence-corrected chi connectivity index (χ2v) is 13.2. The van der Waals surface area contributed by atoms with Gasteiger partial charge in [-0.25, -0.2) is 9.59 Å². The Morgan fingerprint density at radius 3 is 1.85 bits per heavy atom. The van der Waals surface area contributed by atoms with Gasteiger partial charge < -0.3 is 34.7 Å². The summed E-state index contributed by atoms with van der Waals surface area (Å²) in [4.78, 5) is 50.0. The predicted octanol–water partition coefficient (Wildman–Crippen LogP) is 3.35. The number of ether oxygens (including phenoxy) is 2. The molecule has 3 amide bonds. The van der Waals surface area contributed by atoms with Crippen LogP contribution in [0.4, 0.5) is 4.79 Å². The highest BCUT2D eigenvalue weighted by molar-refractivity contribution is 6.45. The van der Waals surface area contributed by atoms with Crippen molar-refractivity contribution in [3.63, 3.8) is 0 Å². The van der Waals surface area contributed by atoms with E-state index in [0.717, 1.165) is 0 Å². The molecule has 0 aromatic heterocycles. The first-order chi connectivity index (χ1) is 17.5. The lowest BCUT2D eigenvalue weighted by molar-refractivity contribution is -0.160. The summed E-state index contributed by atoms with van der Waals surface area (Å²) in [7, 11) is -0.413. The Bertz CT molecular complexity index is 863. The van der Waals surface area contributed by atoms with E-state index in [0.29, 0.717) is 19.2 Å². The molecule has 39 heavy (non-hydrogen) atoms. The number of esters is 1. The van der Waals surface area contributed by atoms with Gasteiger partial charge >= 0.3 is 19.2 Å². The van der Waals surface area contributed by atoms with Crippen LogP contribution in [0.15, 0.2) is 0 Å². The molecule has 3 atom stereocenters. The highest BCUT2D eigenvalue weighted by Crippen LogP contribution is 2.38. The third-order valence-electron chi connectivity index (χ3n) is 6.47. The molecule has 12 heteroatoms. The fourth-order valence-corrected chi connectivity index (χ4v) is 3.90. The maximum absolute atomic E-state index is 13.1. The van der Waals surface area contributed by atoms with Gasteiger partial charge in [0.2, 0.25) is 11.8 Å². The molecule has 1 saturated heterocycles. The summed E-state index contributed by atoms with van der Waals surface area (Å²) in [5.41, 5.74) is -2.40. The van der Waals surface area contributed by atoms with Crippen molar-refractivity contribution in [1.29, 1.82) is 0 Å². The van der Waals surface area contributed by atoms with Crippen molar-refractivity contribution in [3.8, 4) is 0 Å². The minimum Gasteiger partial charge on any atom is -0.458 e. The van der Waals surface area contributed by atoms with Gasteiger partial charge in [0.05, 0.1) is 11.2 Å². The van der Waals surface area contributed by atoms with E-state index in [2.05, 4.69) is 16.0 Å². The lowest BCUT2D eigenvalue weighted by Crippen LogP contribution is -2.53. The number of hydrogen-bond donors (Lipinski definition) is 3. The molecule has 0 aromatic carbocycles. The molecule has 1 aliphatic rings. The first kappa shape index (κ1) is 34.7. The molecule has 0 aromatic rings. The van der Waals surface area contributed by atoms with Crippen LogP contribution < -0.4 is 16.0 Å². The maximum Gasteiger partial charge on any atom is 0.457 e. The molecule has 0 bridgehead atoms. The van der Waals surface area contributed by atoms with E-state index in [1.807, 2.05) is 27.7 Å². The number of hydrogen-bond acceptors (Lipinski definition) is 8. The highest BCUT2D eigenvalue weighted by atomic mass is 16.7. The van der Waals surface area contributed by atoms with Gasteiger partial charge in [0, 0.05) is 19.4 Å². The molecule has 1 fully saturated rings. The fourth-order valence-electron chi connectivity index (χ4n) is 3.90. The van der Waals surface area contributed by atoms with Gasteiger partial charge in [0.15, 0.2) is 0 Å². The Morgan fingerprint density at radius 2 is 1.38 bits per heavy atom. The summed E-state index contributed by atoms with van der Waals surface area (Å²) in [6, 6.07) is -1.87. The Morgan fingerprint density at radius 1 is 0.872 bits per heavy atom. The van der Waals surface area contributed by atoms with Crippen LogP contribution in [0, 0.1) is 5.92 Å². The molecule has 1 aliphatic heterocycles. The summed E-state index contributed by atoms with van der Waals surface area (Å²) in [6.07, 6.45) is 0.911. The standard InChI is InChI=1S/C27H50BN3O8/c1-17(30-23(35)37-25(6,7)8)21(33)29-16-19(20(31-18(2)32)22(34)36-24(3,4)5)14-13-15-28-38-26(9,10)27(11,12)39-28/h17,19-20H,13-16H2,1-12H3,(H,29,33)(H,30,35)(H,31,32)/t17-,19-,20-/m0/s1. The lowest BCUT2D eigenvalue weighted by atomic mass is 9.80. The summed E-state index contributed by atoms with van der Waals surface area (Å²) < 4.78 is 23.0. The van der Waals surface area contributed by atoms with Crippen molar-refractivity contribution < 1.29 is 38.0 Å². The summed E-state index contributed by atoms with van der Waals surface area (Å²) in [5, 5.41) is 8.00. The van der Waals surface area contributed by atoms with Crippen molar-refractivity contribution in [3.05, 3.63) is 0 Å². The van der Waals surface area contributed by atoms with Gasteiger partial charge in [-0.3, -0.25) is 9.59 Å². The van der Waals surface area contributed by atoms with E-state index in [9.17, 15) is 19.2 Å². The molecule has 3 N–H and O–H groups in total. The maximum atomic E-state index is 13.1. The molecule has 11 nitrogen and oxygen atoms in total. The second-order valence-electron chi connectivity index (χ2n) is 13.2. The number of alkyl carbamates (subject to hydrolysis) is 1. The van der Waals surface area contributed by atoms with Gasteiger partial charge in [-0.1, -0.05) is 6.42 Å². The van der Waals surface area contributed by atoms with Gasteiger partial charge in [-0.15, -0.1) is 0 Å². The molecule has 224 valence electrons. The number of carbonyl (C=O) groups is 4. The Hall–Kier alpha value is -2.34. The van der Waals surface area contributed by atoms with Crippen LogP contribution in [-0.4, -0.2) is 72.0 Å². The van der Waals surface area contributed by atoms with Crippen LogP contribution in [-0.2, 0) is 33.2 Å². The van der Waals surface area contributed by atoms with Crippen LogP contribution in [0.5, 0.6) is 0 Å². The minimum absolute atomic E-state index is 0.0622. The topological polar surface area (TPSA) is 141 Å². The molecule has 0 unspecified atom stereocenters. The zero-order chi connectivity index (χ0) is 30.4. The first-order valence-electron chi connectivity index (χ1n) is 13.7. The molecule has 0 aliphatic carbocycles. The predicted molar refractivity (Wildman–Crippen MR) is 149 cm³/mol. The van der Waals surface area contributed by atoms with E-state index in [1.165, 1.54) is 13.8 Å². The molecular formula is C27H50BN3O8. The third kappa shape index (κ3) is 12.2. The number of rotatable bonds is 11. The SMILES string of the molecule is CC(=O)N[C@H](C(=O)OC(C)(C)C)[C@@H](CCCB1OC(C)(C)C(C)(C)O1)CNC(=O)[C@H](C)NC(=O)OC(C)(C)C. The Kier molecular flexibility index (Phi) is 11.9. The molecular weight excluding hydrogens is 505 g/mol. The minimum atomic E-state index is -0.991. The fraction of sp³-hybridized carbons (Fsp3) is 0.852. The first-order valence-corrected chi connectivity index (χ1v) is 13.7. The average molecular weight is 556 g/mol. The van der Waals surface area contributed by atoms with Crippen molar-refractivity contribution in [2.24, 2.45) is 5.92 Å². The summed E-state index contributed by atoms with van der Waals surface area (Å²) >= 11 is 0. The molecule has 0 radical (unpaired) electrons. The van der Waals surface area contributed by atoms with Crippen molar-refractivity contribution in [1.82, 2.24) is 16.0 Å². The van der Waals surface area contributed by atoms with Crippen molar-refractivity contribution in [2.75, 3.05) is 6.54 Å². The Labute approximate surface area is 234 Å². The van der Waals surface area contributed by atoms with Crippen LogP contribution in [0.3, 0.4) is 0 Å². The Balaban J connectivity index is 2.97. The number of amides is 3. The zero-order valence-corrected chi connectivity index (χ0v) is 25.9. The van der Waals surface area contributed by atoms with E-state index >= 15 is 0 Å². The van der Waals surface area contributed by atoms with E-state index in [4.69, 9.17) is 18.8 Å². The highest BCUT2D eigenvalue weighted by Gasteiger charge is 2.50. The van der Waals surface area contributed by atoms with Gasteiger partial charge in [-0.2, -0.15) is 0 Å². The van der Waals surface area contributed by atoms with Crippen molar-refractivity contribution in [2.45, 2.75) is 137 Å². The molecule has 1 heterocycles. The summed E-state index contributed by atoms with van der Waals surface area (Å²) in [6.45, 7) is 21.3. The van der Waals surface area contributed by atoms with Gasteiger partial charge in [0.1, 0.15) is 23.3 Å². The van der Waals surface area contributed by atoms with E-state index in [1.54, 1.807) is 41.5 Å². The van der Waals surface area contributed by atoms with Gasteiger partial charge in [0.25, 0.3) is 0 Å². The lowest BCUT2D eigenvalue weighted by Gasteiger charge is -2.32. The van der Waals surface area contributed by atoms with E-state index in [-0.39, 0.29) is 6.54 Å². The third-order valence-corrected chi connectivity index (χ3v) is 6.47. The van der Waals surface area contributed by atoms with Crippen LogP contribution in [0.25, 0.3) is 0 Å². The number of carbonyl (C=O) groups excluding carboxylic acids is 4.